The van der Waals surface area contributed by atoms with Crippen LogP contribution in [0.15, 0.2) is 28.7 Å². The number of nitrogens with one attached hydrogen (secondary N) is 1. The Hall–Kier alpha value is -1.86. The van der Waals surface area contributed by atoms with Gasteiger partial charge in [0, 0.05) is 9.35 Å². The van der Waals surface area contributed by atoms with Gasteiger partial charge in [0.25, 0.3) is 11.8 Å². The number of hydrogen-bond acceptors (Lipinski definition) is 4. The maximum atomic E-state index is 13.0. The van der Waals surface area contributed by atoms with E-state index in [1.54, 1.807) is 26.0 Å². The van der Waals surface area contributed by atoms with E-state index in [1.165, 1.54) is 11.3 Å². The zero-order valence-electron chi connectivity index (χ0n) is 18.1. The number of benzene rings is 1. The van der Waals surface area contributed by atoms with Crippen LogP contribution in [-0.4, -0.2) is 17.4 Å². The van der Waals surface area contributed by atoms with E-state index in [4.69, 9.17) is 10.5 Å². The zero-order chi connectivity index (χ0) is 22.3. The van der Waals surface area contributed by atoms with Crippen LogP contribution in [0.25, 0.3) is 0 Å². The third kappa shape index (κ3) is 4.89. The van der Waals surface area contributed by atoms with Gasteiger partial charge in [-0.15, -0.1) is 11.3 Å². The molecule has 0 aliphatic heterocycles. The van der Waals surface area contributed by atoms with Crippen molar-refractivity contribution in [2.45, 2.75) is 59.5 Å². The van der Waals surface area contributed by atoms with Crippen molar-refractivity contribution in [2.24, 2.45) is 17.1 Å². The number of thiophene rings is 1. The summed E-state index contributed by atoms with van der Waals surface area (Å²) in [6.45, 7) is 10.1. The van der Waals surface area contributed by atoms with Gasteiger partial charge in [-0.1, -0.05) is 36.7 Å². The first-order chi connectivity index (χ1) is 13.9. The van der Waals surface area contributed by atoms with Crippen molar-refractivity contribution < 1.29 is 14.3 Å². The summed E-state index contributed by atoms with van der Waals surface area (Å²) in [5, 5.41) is 3.45. The van der Waals surface area contributed by atoms with E-state index in [2.05, 4.69) is 42.0 Å². The topological polar surface area (TPSA) is 81.4 Å². The van der Waals surface area contributed by atoms with Gasteiger partial charge in [0.2, 0.25) is 0 Å². The first kappa shape index (κ1) is 22.8. The number of hydrogen-bond donors (Lipinski definition) is 2. The quantitative estimate of drug-likeness (QED) is 0.573. The number of anilines is 1. The van der Waals surface area contributed by atoms with Crippen LogP contribution in [0.4, 0.5) is 5.00 Å². The van der Waals surface area contributed by atoms with Crippen LogP contribution in [0.2, 0.25) is 0 Å². The van der Waals surface area contributed by atoms with Crippen LogP contribution in [-0.2, 0) is 17.6 Å². The van der Waals surface area contributed by atoms with Gasteiger partial charge in [-0.2, -0.15) is 0 Å². The first-order valence-electron chi connectivity index (χ1n) is 10.1. The van der Waals surface area contributed by atoms with Crippen LogP contribution in [0.3, 0.4) is 0 Å². The summed E-state index contributed by atoms with van der Waals surface area (Å²) in [5.41, 5.74) is 6.23. The summed E-state index contributed by atoms with van der Waals surface area (Å²) in [4.78, 5) is 26.4. The number of amides is 2. The molecule has 1 atom stereocenters. The fourth-order valence-electron chi connectivity index (χ4n) is 3.77. The molecular weight excluding hydrogens is 464 g/mol. The molecule has 30 heavy (non-hydrogen) atoms. The first-order valence-corrected chi connectivity index (χ1v) is 11.7. The van der Waals surface area contributed by atoms with Gasteiger partial charge in [-0.3, -0.25) is 9.59 Å². The highest BCUT2D eigenvalue weighted by Crippen LogP contribution is 2.44. The van der Waals surface area contributed by atoms with Crippen molar-refractivity contribution >= 4 is 44.1 Å². The summed E-state index contributed by atoms with van der Waals surface area (Å²) in [7, 11) is 0. The summed E-state index contributed by atoms with van der Waals surface area (Å²) in [6, 6.07) is 7.30. The monoisotopic (exact) mass is 492 g/mol. The number of fused-ring (bicyclic) bond motifs is 1. The highest BCUT2D eigenvalue weighted by Gasteiger charge is 2.36. The Labute approximate surface area is 190 Å². The average molecular weight is 493 g/mol. The second kappa shape index (κ2) is 8.35. The van der Waals surface area contributed by atoms with Crippen molar-refractivity contribution in [3.63, 3.8) is 0 Å². The Kier molecular flexibility index (Phi) is 6.35. The molecule has 1 aromatic heterocycles. The molecule has 0 saturated carbocycles. The third-order valence-electron chi connectivity index (χ3n) is 5.70. The van der Waals surface area contributed by atoms with Gasteiger partial charge < -0.3 is 15.8 Å². The van der Waals surface area contributed by atoms with Crippen LogP contribution < -0.4 is 15.8 Å². The average Bonchev–Trinajstić information content (AvgIpc) is 2.99. The van der Waals surface area contributed by atoms with Crippen LogP contribution in [0.5, 0.6) is 5.75 Å². The van der Waals surface area contributed by atoms with Gasteiger partial charge >= 0.3 is 0 Å². The number of halogens is 1. The normalized spacial score (nSPS) is 16.7. The molecule has 0 spiro atoms. The molecule has 0 fully saturated rings. The number of ether oxygens (including phenoxy) is 1. The summed E-state index contributed by atoms with van der Waals surface area (Å²) in [5.74, 6) is 0.305. The van der Waals surface area contributed by atoms with Crippen molar-refractivity contribution in [3.05, 3.63) is 44.7 Å². The Morgan fingerprint density at radius 3 is 2.37 bits per heavy atom. The zero-order valence-corrected chi connectivity index (χ0v) is 20.5. The number of carbonyl (C=O) groups is 2. The lowest BCUT2D eigenvalue weighted by atomic mass is 9.72. The minimum absolute atomic E-state index is 0.193. The third-order valence-corrected chi connectivity index (χ3v) is 7.40. The minimum atomic E-state index is -1.12. The van der Waals surface area contributed by atoms with E-state index < -0.39 is 11.5 Å². The Morgan fingerprint density at radius 2 is 1.80 bits per heavy atom. The van der Waals surface area contributed by atoms with E-state index in [-0.39, 0.29) is 11.3 Å². The number of carbonyl (C=O) groups excluding carboxylic acids is 2. The molecule has 0 saturated heterocycles. The molecule has 1 aromatic carbocycles. The van der Waals surface area contributed by atoms with Crippen molar-refractivity contribution in [1.29, 1.82) is 0 Å². The molecule has 5 nitrogen and oxygen atoms in total. The van der Waals surface area contributed by atoms with Gasteiger partial charge in [-0.25, -0.2) is 0 Å². The van der Waals surface area contributed by atoms with E-state index >= 15 is 0 Å². The second-order valence-electron chi connectivity index (χ2n) is 9.40. The second-order valence-corrected chi connectivity index (χ2v) is 11.4. The molecule has 0 unspecified atom stereocenters. The standard InChI is InChI=1S/C23H29BrN2O3S/c1-22(2,3)13-6-11-16-17(12-13)30-20(18(16)19(25)27)26-21(28)23(4,5)29-15-9-7-14(24)8-10-15/h7-10,13H,6,11-12H2,1-5H3,(H2,25,27)(H,26,28)/t13-/m0/s1. The number of primary amides is 1. The molecule has 162 valence electrons. The van der Waals surface area contributed by atoms with Gasteiger partial charge in [0.15, 0.2) is 5.60 Å². The lowest BCUT2D eigenvalue weighted by Gasteiger charge is -2.33. The molecule has 7 heteroatoms. The number of rotatable bonds is 5. The fraction of sp³-hybridized carbons (Fsp3) is 0.478. The molecule has 0 bridgehead atoms. The summed E-state index contributed by atoms with van der Waals surface area (Å²) in [6.07, 6.45) is 2.72. The summed E-state index contributed by atoms with van der Waals surface area (Å²) < 4.78 is 6.84. The lowest BCUT2D eigenvalue weighted by Crippen LogP contribution is -2.42. The molecule has 2 amide bonds. The predicted molar refractivity (Wildman–Crippen MR) is 125 cm³/mol. The van der Waals surface area contributed by atoms with E-state index in [9.17, 15) is 9.59 Å². The van der Waals surface area contributed by atoms with E-state index in [0.717, 1.165) is 34.2 Å². The molecule has 1 heterocycles. The Bertz CT molecular complexity index is 958. The molecule has 3 N–H and O–H groups in total. The molecule has 0 radical (unpaired) electrons. The molecule has 3 rings (SSSR count). The summed E-state index contributed by atoms with van der Waals surface area (Å²) >= 11 is 4.85. The minimum Gasteiger partial charge on any atom is -0.478 e. The SMILES string of the molecule is CC(C)(Oc1ccc(Br)cc1)C(=O)Nc1sc2c(c1C(N)=O)CC[C@H](C(C)(C)C)C2. The van der Waals surface area contributed by atoms with Crippen molar-refractivity contribution in [1.82, 2.24) is 0 Å². The molecule has 2 aromatic rings. The smallest absolute Gasteiger partial charge is 0.268 e. The van der Waals surface area contributed by atoms with Gasteiger partial charge in [0.1, 0.15) is 10.8 Å². The van der Waals surface area contributed by atoms with Gasteiger partial charge in [0.05, 0.1) is 5.56 Å². The highest BCUT2D eigenvalue weighted by atomic mass is 79.9. The van der Waals surface area contributed by atoms with Crippen LogP contribution in [0.1, 0.15) is 61.8 Å². The molecule has 1 aliphatic carbocycles. The lowest BCUT2D eigenvalue weighted by molar-refractivity contribution is -0.128. The predicted octanol–water partition coefficient (Wildman–Crippen LogP) is 5.56. The largest absolute Gasteiger partial charge is 0.478 e. The van der Waals surface area contributed by atoms with Gasteiger partial charge in [-0.05, 0) is 74.3 Å². The Balaban J connectivity index is 1.83. The van der Waals surface area contributed by atoms with Crippen LogP contribution in [0, 0.1) is 11.3 Å². The maximum Gasteiger partial charge on any atom is 0.268 e. The molecular formula is C23H29BrN2O3S. The highest BCUT2D eigenvalue weighted by molar-refractivity contribution is 9.10. The van der Waals surface area contributed by atoms with E-state index in [0.29, 0.717) is 22.2 Å². The van der Waals surface area contributed by atoms with Crippen LogP contribution >= 0.6 is 27.3 Å². The fourth-order valence-corrected chi connectivity index (χ4v) is 5.36. The maximum absolute atomic E-state index is 13.0. The number of nitrogens with two attached hydrogens (primary N) is 1. The Morgan fingerprint density at radius 1 is 1.17 bits per heavy atom. The molecule has 1 aliphatic rings. The van der Waals surface area contributed by atoms with E-state index in [1.807, 2.05) is 12.1 Å². The van der Waals surface area contributed by atoms with Crippen molar-refractivity contribution in [2.75, 3.05) is 5.32 Å². The van der Waals surface area contributed by atoms with Crippen molar-refractivity contribution in [3.8, 4) is 5.75 Å².